The molecule has 0 aliphatic rings. The average Bonchev–Trinajstić information content (AvgIpc) is 2.67. The number of benzene rings is 2. The Hall–Kier alpha value is -2.60. The summed E-state index contributed by atoms with van der Waals surface area (Å²) in [5, 5.41) is 0.733. The SMILES string of the molecule is CC(C)c1ccccc1-n1c(S[C@H](C)C(=O)N(C)C)nc2ccccc2c1=O. The molecule has 0 fully saturated rings. The van der Waals surface area contributed by atoms with E-state index in [9.17, 15) is 9.59 Å². The van der Waals surface area contributed by atoms with E-state index in [-0.39, 0.29) is 22.6 Å². The smallest absolute Gasteiger partial charge is 0.266 e. The van der Waals surface area contributed by atoms with Crippen molar-refractivity contribution in [3.63, 3.8) is 0 Å². The van der Waals surface area contributed by atoms with Gasteiger partial charge in [0.15, 0.2) is 5.16 Å². The van der Waals surface area contributed by atoms with E-state index in [1.54, 1.807) is 29.6 Å². The molecule has 0 bridgehead atoms. The van der Waals surface area contributed by atoms with Crippen molar-refractivity contribution in [2.24, 2.45) is 0 Å². The van der Waals surface area contributed by atoms with Crippen molar-refractivity contribution in [2.75, 3.05) is 14.1 Å². The fourth-order valence-electron chi connectivity index (χ4n) is 3.16. The fourth-order valence-corrected chi connectivity index (χ4v) is 4.22. The minimum Gasteiger partial charge on any atom is -0.348 e. The number of carbonyl (C=O) groups excluding carboxylic acids is 1. The van der Waals surface area contributed by atoms with Crippen LogP contribution in [0.4, 0.5) is 0 Å². The molecule has 0 aliphatic heterocycles. The van der Waals surface area contributed by atoms with Gasteiger partial charge in [0.2, 0.25) is 5.91 Å². The molecule has 1 aromatic heterocycles. The van der Waals surface area contributed by atoms with Gasteiger partial charge in [-0.25, -0.2) is 4.98 Å². The molecule has 0 unspecified atom stereocenters. The molecule has 0 saturated carbocycles. The van der Waals surface area contributed by atoms with Crippen LogP contribution in [0.25, 0.3) is 16.6 Å². The van der Waals surface area contributed by atoms with Gasteiger partial charge in [-0.05, 0) is 36.6 Å². The van der Waals surface area contributed by atoms with Crippen molar-refractivity contribution in [3.05, 3.63) is 64.4 Å². The van der Waals surface area contributed by atoms with Crippen LogP contribution in [0.2, 0.25) is 0 Å². The maximum atomic E-state index is 13.4. The lowest BCUT2D eigenvalue weighted by Gasteiger charge is -2.21. The molecule has 0 aliphatic carbocycles. The number of thioether (sulfide) groups is 1. The third-order valence-corrected chi connectivity index (χ3v) is 5.66. The minimum absolute atomic E-state index is 0.0175. The van der Waals surface area contributed by atoms with Crippen LogP contribution in [0.5, 0.6) is 0 Å². The molecule has 6 heteroatoms. The molecule has 28 heavy (non-hydrogen) atoms. The Labute approximate surface area is 169 Å². The molecular weight excluding hydrogens is 370 g/mol. The number of rotatable bonds is 5. The maximum absolute atomic E-state index is 13.4. The molecule has 1 amide bonds. The predicted octanol–water partition coefficient (Wildman–Crippen LogP) is 4.08. The van der Waals surface area contributed by atoms with Gasteiger partial charge >= 0.3 is 0 Å². The molecule has 0 N–H and O–H groups in total. The second kappa shape index (κ2) is 8.19. The first-order valence-corrected chi connectivity index (χ1v) is 10.2. The van der Waals surface area contributed by atoms with Gasteiger partial charge in [0, 0.05) is 14.1 Å². The van der Waals surface area contributed by atoms with Crippen LogP contribution in [0, 0.1) is 0 Å². The molecule has 0 spiro atoms. The van der Waals surface area contributed by atoms with Crippen LogP contribution in [-0.2, 0) is 4.79 Å². The van der Waals surface area contributed by atoms with E-state index in [0.29, 0.717) is 16.1 Å². The highest BCUT2D eigenvalue weighted by molar-refractivity contribution is 8.00. The molecule has 146 valence electrons. The maximum Gasteiger partial charge on any atom is 0.266 e. The summed E-state index contributed by atoms with van der Waals surface area (Å²) in [5.41, 5.74) is 2.39. The Morgan fingerprint density at radius 2 is 1.68 bits per heavy atom. The van der Waals surface area contributed by atoms with Gasteiger partial charge in [-0.15, -0.1) is 0 Å². The lowest BCUT2D eigenvalue weighted by Crippen LogP contribution is -2.31. The van der Waals surface area contributed by atoms with E-state index in [2.05, 4.69) is 13.8 Å². The second-order valence-corrected chi connectivity index (χ2v) is 8.57. The van der Waals surface area contributed by atoms with Gasteiger partial charge in [0.1, 0.15) is 0 Å². The predicted molar refractivity (Wildman–Crippen MR) is 115 cm³/mol. The van der Waals surface area contributed by atoms with Crippen molar-refractivity contribution >= 4 is 28.6 Å². The third kappa shape index (κ3) is 3.83. The molecule has 0 saturated heterocycles. The van der Waals surface area contributed by atoms with Crippen LogP contribution in [-0.4, -0.2) is 39.7 Å². The zero-order chi connectivity index (χ0) is 20.4. The van der Waals surface area contributed by atoms with E-state index in [0.717, 1.165) is 11.3 Å². The topological polar surface area (TPSA) is 55.2 Å². The summed E-state index contributed by atoms with van der Waals surface area (Å²) >= 11 is 1.31. The van der Waals surface area contributed by atoms with E-state index in [1.165, 1.54) is 11.8 Å². The zero-order valence-electron chi connectivity index (χ0n) is 16.8. The summed E-state index contributed by atoms with van der Waals surface area (Å²) in [4.78, 5) is 32.1. The number of aromatic nitrogens is 2. The van der Waals surface area contributed by atoms with Gasteiger partial charge in [-0.3, -0.25) is 14.2 Å². The molecular formula is C22H25N3O2S. The highest BCUT2D eigenvalue weighted by Gasteiger charge is 2.22. The van der Waals surface area contributed by atoms with E-state index in [4.69, 9.17) is 4.98 Å². The Morgan fingerprint density at radius 3 is 2.36 bits per heavy atom. The molecule has 5 nitrogen and oxygen atoms in total. The first kappa shape index (κ1) is 20.1. The standard InChI is InChI=1S/C22H25N3O2S/c1-14(2)16-10-7-9-13-19(16)25-21(27)17-11-6-8-12-18(17)23-22(25)28-15(3)20(26)24(4)5/h6-15H,1-5H3/t15-/m1/s1. The zero-order valence-corrected chi connectivity index (χ0v) is 17.7. The average molecular weight is 396 g/mol. The van der Waals surface area contributed by atoms with Crippen LogP contribution in [0.3, 0.4) is 0 Å². The van der Waals surface area contributed by atoms with Crippen LogP contribution in [0.1, 0.15) is 32.3 Å². The van der Waals surface area contributed by atoms with Gasteiger partial charge in [-0.1, -0.05) is 55.9 Å². The highest BCUT2D eigenvalue weighted by Crippen LogP contribution is 2.29. The quantitative estimate of drug-likeness (QED) is 0.483. The van der Waals surface area contributed by atoms with Crippen LogP contribution in [0.15, 0.2) is 58.5 Å². The number of amides is 1. The van der Waals surface area contributed by atoms with Crippen molar-refractivity contribution in [1.82, 2.24) is 14.5 Å². The first-order chi connectivity index (χ1) is 13.3. The van der Waals surface area contributed by atoms with E-state index in [1.807, 2.05) is 49.4 Å². The fraction of sp³-hybridized carbons (Fsp3) is 0.318. The van der Waals surface area contributed by atoms with Crippen molar-refractivity contribution in [3.8, 4) is 5.69 Å². The Balaban J connectivity index is 2.27. The van der Waals surface area contributed by atoms with Crippen molar-refractivity contribution < 1.29 is 4.79 Å². The Kier molecular flexibility index (Phi) is 5.89. The normalized spacial score (nSPS) is 12.4. The summed E-state index contributed by atoms with van der Waals surface area (Å²) in [5.74, 6) is 0.226. The monoisotopic (exact) mass is 395 g/mol. The van der Waals surface area contributed by atoms with Crippen molar-refractivity contribution in [2.45, 2.75) is 37.1 Å². The van der Waals surface area contributed by atoms with Crippen molar-refractivity contribution in [1.29, 1.82) is 0 Å². The van der Waals surface area contributed by atoms with Gasteiger partial charge < -0.3 is 4.90 Å². The number of carbonyl (C=O) groups is 1. The largest absolute Gasteiger partial charge is 0.348 e. The van der Waals surface area contributed by atoms with Gasteiger partial charge in [-0.2, -0.15) is 0 Å². The Bertz CT molecular complexity index is 1070. The summed E-state index contributed by atoms with van der Waals surface area (Å²) in [7, 11) is 3.46. The summed E-state index contributed by atoms with van der Waals surface area (Å²) in [6.45, 7) is 6.04. The molecule has 1 heterocycles. The molecule has 1 atom stereocenters. The molecule has 3 rings (SSSR count). The molecule has 2 aromatic carbocycles. The number of hydrogen-bond donors (Lipinski definition) is 0. The number of hydrogen-bond acceptors (Lipinski definition) is 4. The summed E-state index contributed by atoms with van der Waals surface area (Å²) in [6, 6.07) is 15.2. The highest BCUT2D eigenvalue weighted by atomic mass is 32.2. The van der Waals surface area contributed by atoms with Gasteiger partial charge in [0.05, 0.1) is 21.8 Å². The molecule has 3 aromatic rings. The summed E-state index contributed by atoms with van der Waals surface area (Å²) in [6.07, 6.45) is 0. The van der Waals surface area contributed by atoms with Gasteiger partial charge in [0.25, 0.3) is 5.56 Å². The second-order valence-electron chi connectivity index (χ2n) is 7.26. The lowest BCUT2D eigenvalue weighted by molar-refractivity contribution is -0.127. The van der Waals surface area contributed by atoms with Crippen LogP contribution < -0.4 is 5.56 Å². The van der Waals surface area contributed by atoms with E-state index < -0.39 is 0 Å². The molecule has 0 radical (unpaired) electrons. The number of nitrogens with zero attached hydrogens (tertiary/aromatic N) is 3. The Morgan fingerprint density at radius 1 is 1.04 bits per heavy atom. The third-order valence-electron chi connectivity index (χ3n) is 4.62. The number of fused-ring (bicyclic) bond motifs is 1. The lowest BCUT2D eigenvalue weighted by atomic mass is 10.0. The first-order valence-electron chi connectivity index (χ1n) is 9.30. The number of para-hydroxylation sites is 2. The van der Waals surface area contributed by atoms with E-state index >= 15 is 0 Å². The minimum atomic E-state index is -0.361. The van der Waals surface area contributed by atoms with Crippen LogP contribution >= 0.6 is 11.8 Å². The summed E-state index contributed by atoms with van der Waals surface area (Å²) < 4.78 is 1.65.